The van der Waals surface area contributed by atoms with Gasteiger partial charge < -0.3 is 9.30 Å². The van der Waals surface area contributed by atoms with E-state index in [1.165, 1.54) is 0 Å². The Morgan fingerprint density at radius 2 is 2.20 bits per heavy atom. The van der Waals surface area contributed by atoms with Crippen molar-refractivity contribution < 1.29 is 4.74 Å². The lowest BCUT2D eigenvalue weighted by Crippen LogP contribution is -2.04. The van der Waals surface area contributed by atoms with Crippen molar-refractivity contribution in [1.82, 2.24) is 9.55 Å². The zero-order valence-electron chi connectivity index (χ0n) is 7.98. The molecule has 0 N–H and O–H groups in total. The van der Waals surface area contributed by atoms with Gasteiger partial charge in [-0.15, -0.1) is 0 Å². The minimum absolute atomic E-state index is 0.705. The van der Waals surface area contributed by atoms with Crippen LogP contribution in [0, 0.1) is 3.70 Å². The van der Waals surface area contributed by atoms with Gasteiger partial charge in [-0.3, -0.25) is 0 Å². The summed E-state index contributed by atoms with van der Waals surface area (Å²) < 4.78 is 8.84. The highest BCUT2D eigenvalue weighted by atomic mass is 127. The van der Waals surface area contributed by atoms with Crippen LogP contribution in [0.2, 0.25) is 0 Å². The molecule has 2 aromatic rings. The van der Waals surface area contributed by atoms with E-state index in [1.807, 2.05) is 18.2 Å². The van der Waals surface area contributed by atoms with Crippen LogP contribution in [0.25, 0.3) is 11.4 Å². The van der Waals surface area contributed by atoms with Gasteiger partial charge in [0.1, 0.15) is 21.9 Å². The van der Waals surface area contributed by atoms with Crippen molar-refractivity contribution in [1.29, 1.82) is 0 Å². The summed E-state index contributed by atoms with van der Waals surface area (Å²) in [5.74, 6) is 1.94. The number of halogens is 1. The average molecular weight is 312 g/mol. The second kappa shape index (κ2) is 3.52. The highest BCUT2D eigenvalue weighted by Crippen LogP contribution is 2.31. The van der Waals surface area contributed by atoms with Gasteiger partial charge in [0.25, 0.3) is 0 Å². The van der Waals surface area contributed by atoms with Gasteiger partial charge in [0.05, 0.1) is 12.1 Å². The van der Waals surface area contributed by atoms with Crippen LogP contribution in [0.3, 0.4) is 0 Å². The molecule has 0 unspecified atom stereocenters. The van der Waals surface area contributed by atoms with Crippen LogP contribution in [0.5, 0.6) is 5.75 Å². The SMILES string of the molecule is Ic1cn2c(n1)-c1ccccc1OCC2. The van der Waals surface area contributed by atoms with Crippen LogP contribution < -0.4 is 4.74 Å². The van der Waals surface area contributed by atoms with Gasteiger partial charge in [0.2, 0.25) is 0 Å². The van der Waals surface area contributed by atoms with Crippen molar-refractivity contribution in [3.05, 3.63) is 34.2 Å². The molecule has 0 saturated heterocycles. The van der Waals surface area contributed by atoms with Gasteiger partial charge in [-0.1, -0.05) is 12.1 Å². The molecule has 0 fully saturated rings. The lowest BCUT2D eigenvalue weighted by atomic mass is 10.2. The molecule has 76 valence electrons. The molecule has 1 aliphatic rings. The molecule has 0 radical (unpaired) electrons. The first-order chi connectivity index (χ1) is 7.34. The van der Waals surface area contributed by atoms with Crippen molar-refractivity contribution in [3.8, 4) is 17.1 Å². The number of rotatable bonds is 0. The fraction of sp³-hybridized carbons (Fsp3) is 0.182. The van der Waals surface area contributed by atoms with E-state index in [2.05, 4.69) is 44.4 Å². The van der Waals surface area contributed by atoms with Crippen molar-refractivity contribution in [2.45, 2.75) is 6.54 Å². The van der Waals surface area contributed by atoms with Crippen LogP contribution in [0.1, 0.15) is 0 Å². The number of para-hydroxylation sites is 1. The van der Waals surface area contributed by atoms with Crippen molar-refractivity contribution in [2.75, 3.05) is 6.61 Å². The van der Waals surface area contributed by atoms with E-state index in [4.69, 9.17) is 4.74 Å². The smallest absolute Gasteiger partial charge is 0.145 e. The Hall–Kier alpha value is -1.04. The average Bonchev–Trinajstić information content (AvgIpc) is 2.52. The fourth-order valence-corrected chi connectivity index (χ4v) is 2.37. The second-order valence-corrected chi connectivity index (χ2v) is 4.53. The number of fused-ring (bicyclic) bond motifs is 3. The molecule has 0 amide bonds. The first kappa shape index (κ1) is 9.21. The lowest BCUT2D eigenvalue weighted by Gasteiger charge is -2.04. The predicted molar refractivity (Wildman–Crippen MR) is 65.9 cm³/mol. The molecule has 0 bridgehead atoms. The zero-order chi connectivity index (χ0) is 10.3. The lowest BCUT2D eigenvalue weighted by molar-refractivity contribution is 0.306. The van der Waals surface area contributed by atoms with Gasteiger partial charge in [-0.2, -0.15) is 0 Å². The van der Waals surface area contributed by atoms with E-state index >= 15 is 0 Å². The molecule has 0 spiro atoms. The molecule has 0 atom stereocenters. The van der Waals surface area contributed by atoms with Crippen LogP contribution >= 0.6 is 22.6 Å². The molecule has 1 aromatic heterocycles. The van der Waals surface area contributed by atoms with Gasteiger partial charge >= 0.3 is 0 Å². The molecular weight excluding hydrogens is 303 g/mol. The van der Waals surface area contributed by atoms with Gasteiger partial charge in [-0.25, -0.2) is 4.98 Å². The summed E-state index contributed by atoms with van der Waals surface area (Å²) in [6, 6.07) is 8.05. The topological polar surface area (TPSA) is 27.1 Å². The fourth-order valence-electron chi connectivity index (χ4n) is 1.80. The van der Waals surface area contributed by atoms with Crippen LogP contribution in [-0.2, 0) is 6.54 Å². The third kappa shape index (κ3) is 1.52. The number of benzene rings is 1. The molecule has 0 aliphatic carbocycles. The van der Waals surface area contributed by atoms with Crippen LogP contribution in [0.4, 0.5) is 0 Å². The molecule has 0 saturated carbocycles. The Balaban J connectivity index is 2.26. The molecule has 4 heteroatoms. The standard InChI is InChI=1S/C11H9IN2O/c12-10-7-14-5-6-15-9-4-2-1-3-8(9)11(14)13-10/h1-4,7H,5-6H2. The Labute approximate surface area is 101 Å². The van der Waals surface area contributed by atoms with Gasteiger partial charge in [0.15, 0.2) is 0 Å². The summed E-state index contributed by atoms with van der Waals surface area (Å²) in [5.41, 5.74) is 1.08. The summed E-state index contributed by atoms with van der Waals surface area (Å²) in [6.07, 6.45) is 2.06. The minimum atomic E-state index is 0.705. The molecule has 3 nitrogen and oxygen atoms in total. The highest BCUT2D eigenvalue weighted by Gasteiger charge is 2.16. The summed E-state index contributed by atoms with van der Waals surface area (Å²) >= 11 is 2.24. The van der Waals surface area contributed by atoms with E-state index in [1.54, 1.807) is 0 Å². The monoisotopic (exact) mass is 312 g/mol. The van der Waals surface area contributed by atoms with E-state index in [-0.39, 0.29) is 0 Å². The maximum atomic E-state index is 5.67. The number of hydrogen-bond donors (Lipinski definition) is 0. The van der Waals surface area contributed by atoms with Crippen molar-refractivity contribution in [3.63, 3.8) is 0 Å². The predicted octanol–water partition coefficient (Wildman–Crippen LogP) is 2.55. The minimum Gasteiger partial charge on any atom is -0.491 e. The van der Waals surface area contributed by atoms with E-state index in [0.29, 0.717) is 6.61 Å². The number of ether oxygens (including phenoxy) is 1. The van der Waals surface area contributed by atoms with Gasteiger partial charge in [-0.05, 0) is 34.7 Å². The Morgan fingerprint density at radius 1 is 1.33 bits per heavy atom. The van der Waals surface area contributed by atoms with Crippen molar-refractivity contribution >= 4 is 22.6 Å². The summed E-state index contributed by atoms with van der Waals surface area (Å²) in [7, 11) is 0. The Bertz CT molecular complexity index is 507. The number of hydrogen-bond acceptors (Lipinski definition) is 2. The quantitative estimate of drug-likeness (QED) is 0.699. The molecule has 3 rings (SSSR count). The number of nitrogens with zero attached hydrogens (tertiary/aromatic N) is 2. The third-order valence-electron chi connectivity index (χ3n) is 2.46. The first-order valence-corrected chi connectivity index (χ1v) is 5.87. The van der Waals surface area contributed by atoms with Crippen LogP contribution in [0.15, 0.2) is 30.5 Å². The maximum Gasteiger partial charge on any atom is 0.145 e. The molecular formula is C11H9IN2O. The molecule has 1 aromatic carbocycles. The first-order valence-electron chi connectivity index (χ1n) is 4.79. The molecule has 1 aliphatic heterocycles. The Morgan fingerprint density at radius 3 is 3.13 bits per heavy atom. The number of imidazole rings is 1. The normalized spacial score (nSPS) is 13.7. The van der Waals surface area contributed by atoms with E-state index in [0.717, 1.165) is 27.4 Å². The maximum absolute atomic E-state index is 5.67. The van der Waals surface area contributed by atoms with E-state index in [9.17, 15) is 0 Å². The Kier molecular flexibility index (Phi) is 2.16. The number of aromatic nitrogens is 2. The summed E-state index contributed by atoms with van der Waals surface area (Å²) in [4.78, 5) is 4.52. The largest absolute Gasteiger partial charge is 0.491 e. The molecule has 2 heterocycles. The van der Waals surface area contributed by atoms with Gasteiger partial charge in [0, 0.05) is 6.20 Å². The third-order valence-corrected chi connectivity index (χ3v) is 2.98. The van der Waals surface area contributed by atoms with Crippen molar-refractivity contribution in [2.24, 2.45) is 0 Å². The van der Waals surface area contributed by atoms with E-state index < -0.39 is 0 Å². The highest BCUT2D eigenvalue weighted by molar-refractivity contribution is 14.1. The van der Waals surface area contributed by atoms with Crippen LogP contribution in [-0.4, -0.2) is 16.2 Å². The zero-order valence-corrected chi connectivity index (χ0v) is 10.1. The molecule has 15 heavy (non-hydrogen) atoms. The summed E-state index contributed by atoms with van der Waals surface area (Å²) in [5, 5.41) is 0. The summed E-state index contributed by atoms with van der Waals surface area (Å²) in [6.45, 7) is 1.57. The second-order valence-electron chi connectivity index (χ2n) is 3.43.